The van der Waals surface area contributed by atoms with Crippen molar-refractivity contribution in [2.45, 2.75) is 31.7 Å². The number of carbonyl (C=O) groups is 1. The minimum absolute atomic E-state index is 0.0307. The molecule has 190 valence electrons. The van der Waals surface area contributed by atoms with Gasteiger partial charge in [0.15, 0.2) is 0 Å². The number of amides is 1. The van der Waals surface area contributed by atoms with E-state index in [1.165, 1.54) is 17.4 Å². The van der Waals surface area contributed by atoms with Crippen LogP contribution in [0.2, 0.25) is 0 Å². The summed E-state index contributed by atoms with van der Waals surface area (Å²) < 4.78 is 2.09. The molecule has 38 heavy (non-hydrogen) atoms. The Morgan fingerprint density at radius 2 is 2.08 bits per heavy atom. The molecule has 0 unspecified atom stereocenters. The Bertz CT molecular complexity index is 1800. The van der Waals surface area contributed by atoms with Gasteiger partial charge in [0, 0.05) is 42.8 Å². The molecule has 1 aliphatic rings. The molecule has 0 aliphatic heterocycles. The first-order valence-corrected chi connectivity index (χ1v) is 13.2. The van der Waals surface area contributed by atoms with Crippen molar-refractivity contribution in [2.24, 2.45) is 5.92 Å². The average molecular weight is 525 g/mol. The van der Waals surface area contributed by atoms with Crippen LogP contribution in [-0.4, -0.2) is 41.6 Å². The summed E-state index contributed by atoms with van der Waals surface area (Å²) in [4.78, 5) is 43.5. The lowest BCUT2D eigenvalue weighted by Crippen LogP contribution is -2.36. The molecular weight excluding hydrogens is 500 g/mol. The van der Waals surface area contributed by atoms with Gasteiger partial charge in [0.05, 0.1) is 26.8 Å². The summed E-state index contributed by atoms with van der Waals surface area (Å²) in [6, 6.07) is 9.09. The number of aromatic nitrogens is 5. The van der Waals surface area contributed by atoms with Crippen LogP contribution in [0.25, 0.3) is 44.0 Å². The van der Waals surface area contributed by atoms with Gasteiger partial charge in [-0.3, -0.25) is 19.3 Å². The van der Waals surface area contributed by atoms with Crippen molar-refractivity contribution in [3.8, 4) is 16.9 Å². The second-order valence-corrected chi connectivity index (χ2v) is 10.3. The molecule has 5 heterocycles. The largest absolute Gasteiger partial charge is 0.511 e. The Labute approximate surface area is 221 Å². The van der Waals surface area contributed by atoms with E-state index in [2.05, 4.69) is 31.8 Å². The van der Waals surface area contributed by atoms with Crippen LogP contribution in [0.5, 0.6) is 0 Å². The van der Waals surface area contributed by atoms with Crippen LogP contribution >= 0.6 is 11.3 Å². The third-order valence-corrected chi connectivity index (χ3v) is 8.17. The van der Waals surface area contributed by atoms with Crippen LogP contribution < -0.4 is 15.5 Å². The van der Waals surface area contributed by atoms with E-state index in [1.54, 1.807) is 41.5 Å². The maximum atomic E-state index is 13.4. The molecule has 5 aromatic rings. The monoisotopic (exact) mass is 524 g/mol. The lowest BCUT2D eigenvalue weighted by atomic mass is 9.98. The molecule has 9 nitrogen and oxygen atoms in total. The Hall–Kier alpha value is -4.44. The third kappa shape index (κ3) is 4.22. The molecule has 1 aliphatic carbocycles. The quantitative estimate of drug-likeness (QED) is 0.325. The molecule has 5 aromatic heterocycles. The average Bonchev–Trinajstić information content (AvgIpc) is 3.54. The van der Waals surface area contributed by atoms with Gasteiger partial charge >= 0.3 is 5.69 Å². The van der Waals surface area contributed by atoms with Crippen molar-refractivity contribution in [3.05, 3.63) is 82.8 Å². The van der Waals surface area contributed by atoms with E-state index in [4.69, 9.17) is 0 Å². The van der Waals surface area contributed by atoms with E-state index in [0.29, 0.717) is 38.2 Å². The lowest BCUT2D eigenvalue weighted by Gasteiger charge is -2.19. The zero-order valence-electron chi connectivity index (χ0n) is 20.4. The highest BCUT2D eigenvalue weighted by Crippen LogP contribution is 2.32. The number of aliphatic hydroxyl groups excluding tert-OH is 1. The van der Waals surface area contributed by atoms with Crippen molar-refractivity contribution >= 4 is 44.3 Å². The molecule has 0 radical (unpaired) electrons. The molecular formula is C28H24N6O3S. The molecule has 2 atom stereocenters. The second-order valence-electron chi connectivity index (χ2n) is 9.32. The number of nitrogens with one attached hydrogen (secondary N) is 1. The van der Waals surface area contributed by atoms with Gasteiger partial charge in [-0.25, -0.2) is 9.78 Å². The normalized spacial score (nSPS) is 18.1. The predicted molar refractivity (Wildman–Crippen MR) is 147 cm³/mol. The van der Waals surface area contributed by atoms with Crippen LogP contribution in [0.4, 0.5) is 0 Å². The summed E-state index contributed by atoms with van der Waals surface area (Å²) in [5.74, 6) is 0.0318. The van der Waals surface area contributed by atoms with Gasteiger partial charge in [-0.1, -0.05) is 13.0 Å². The van der Waals surface area contributed by atoms with Gasteiger partial charge in [-0.05, 0) is 55.2 Å². The van der Waals surface area contributed by atoms with Crippen molar-refractivity contribution < 1.29 is 9.90 Å². The molecule has 1 saturated carbocycles. The molecule has 10 heteroatoms. The number of rotatable bonds is 6. The number of aliphatic hydroxyl groups is 1. The molecule has 0 bridgehead atoms. The number of hydrogen-bond donors (Lipinski definition) is 2. The lowest BCUT2D eigenvalue weighted by molar-refractivity contribution is -0.117. The zero-order valence-corrected chi connectivity index (χ0v) is 21.2. The van der Waals surface area contributed by atoms with Gasteiger partial charge < -0.3 is 10.4 Å². The van der Waals surface area contributed by atoms with Gasteiger partial charge in [0.25, 0.3) is 0 Å². The molecule has 0 spiro atoms. The topological polar surface area (TPSA) is 123 Å². The van der Waals surface area contributed by atoms with E-state index < -0.39 is 5.69 Å². The second kappa shape index (κ2) is 9.79. The maximum Gasteiger partial charge on any atom is 0.353 e. The molecule has 1 amide bonds. The Morgan fingerprint density at radius 3 is 2.89 bits per heavy atom. The minimum atomic E-state index is -0.460. The van der Waals surface area contributed by atoms with Crippen LogP contribution in [-0.2, 0) is 4.79 Å². The molecule has 6 rings (SSSR count). The number of hydrogen-bond acceptors (Lipinski definition) is 8. The highest BCUT2D eigenvalue weighted by molar-refractivity contribution is 7.17. The first kappa shape index (κ1) is 23.9. The van der Waals surface area contributed by atoms with Crippen molar-refractivity contribution in [2.75, 3.05) is 0 Å². The van der Waals surface area contributed by atoms with Gasteiger partial charge in [-0.2, -0.15) is 4.98 Å². The smallest absolute Gasteiger partial charge is 0.353 e. The van der Waals surface area contributed by atoms with Crippen molar-refractivity contribution in [1.82, 2.24) is 29.8 Å². The summed E-state index contributed by atoms with van der Waals surface area (Å²) in [5, 5.41) is 14.9. The Morgan fingerprint density at radius 1 is 1.21 bits per heavy atom. The summed E-state index contributed by atoms with van der Waals surface area (Å²) in [7, 11) is 0. The van der Waals surface area contributed by atoms with E-state index >= 15 is 0 Å². The first-order valence-electron chi connectivity index (χ1n) is 12.4. The Balaban J connectivity index is 1.46. The van der Waals surface area contributed by atoms with E-state index in [9.17, 15) is 14.7 Å². The fourth-order valence-corrected chi connectivity index (χ4v) is 6.32. The van der Waals surface area contributed by atoms with Gasteiger partial charge in [0.1, 0.15) is 16.1 Å². The third-order valence-electron chi connectivity index (χ3n) is 7.03. The van der Waals surface area contributed by atoms with Crippen LogP contribution in [0.1, 0.15) is 25.7 Å². The first-order chi connectivity index (χ1) is 18.5. The Kier molecular flexibility index (Phi) is 6.16. The molecule has 0 aromatic carbocycles. The molecule has 0 saturated heterocycles. The van der Waals surface area contributed by atoms with Crippen LogP contribution in [0.3, 0.4) is 0 Å². The zero-order chi connectivity index (χ0) is 26.2. The van der Waals surface area contributed by atoms with Crippen LogP contribution in [0, 0.1) is 5.92 Å². The number of nitrogens with zero attached hydrogens (tertiary/aromatic N) is 5. The SMILES string of the molecule is C=CC(=O)N[C@H]1CCC[C@H]1CC(O)=c1sc2nccc3c2c1nc(=O)n3-c1ccnc(-c2cccnc2)c1. The predicted octanol–water partition coefficient (Wildman–Crippen LogP) is 3.70. The number of pyridine rings is 3. The number of carbonyl (C=O) groups excluding carboxylic acids is 1. The standard InChI is InChI=1S/C28H24N6O3S/c1-2-23(36)32-19-7-3-5-16(19)13-22(35)26-25-24-21(9-12-31-27(24)38-26)34(28(37)33-25)18-8-11-30-20(14-18)17-6-4-10-29-15-17/h2,4,6,8-12,14-16,19,35H,1,3,5,7,13H2,(H,32,36)/t16-,19-/m0/s1. The summed E-state index contributed by atoms with van der Waals surface area (Å²) >= 11 is 1.32. The fraction of sp³-hybridized carbons (Fsp3) is 0.214. The summed E-state index contributed by atoms with van der Waals surface area (Å²) in [6.45, 7) is 3.53. The van der Waals surface area contributed by atoms with Crippen molar-refractivity contribution in [1.29, 1.82) is 0 Å². The maximum absolute atomic E-state index is 13.4. The highest BCUT2D eigenvalue weighted by Gasteiger charge is 2.29. The van der Waals surface area contributed by atoms with Gasteiger partial charge in [0.2, 0.25) is 5.91 Å². The van der Waals surface area contributed by atoms with Crippen LogP contribution in [0.15, 0.2) is 72.6 Å². The van der Waals surface area contributed by atoms with Gasteiger partial charge in [-0.15, -0.1) is 11.3 Å². The summed E-state index contributed by atoms with van der Waals surface area (Å²) in [5.41, 5.74) is 2.78. The van der Waals surface area contributed by atoms with Crippen molar-refractivity contribution in [3.63, 3.8) is 0 Å². The van der Waals surface area contributed by atoms with E-state index in [0.717, 1.165) is 30.2 Å². The van der Waals surface area contributed by atoms with E-state index in [-0.39, 0.29) is 23.6 Å². The highest BCUT2D eigenvalue weighted by atomic mass is 32.1. The fourth-order valence-electron chi connectivity index (χ4n) is 5.26. The minimum Gasteiger partial charge on any atom is -0.511 e. The summed E-state index contributed by atoms with van der Waals surface area (Å²) in [6.07, 6.45) is 11.1. The molecule has 1 fully saturated rings. The van der Waals surface area contributed by atoms with E-state index in [1.807, 2.05) is 18.2 Å². The number of thiophene rings is 1. The molecule has 2 N–H and O–H groups in total.